The van der Waals surface area contributed by atoms with Gasteiger partial charge in [0.15, 0.2) is 0 Å². The number of nitrogens with zero attached hydrogens (tertiary/aromatic N) is 3. The standard InChI is InChI=1S/C25H42N4O3/c1-23(2,3)32-22(30)28(6)15-14-26-13-10-20-16-29(7)27-21(20)19-8-11-25(12-9-19)17-24(4,5)18-31-25/h8,16,26H,9-15,17-18H2,1-7H3. The highest BCUT2D eigenvalue weighted by molar-refractivity contribution is 5.67. The van der Waals surface area contributed by atoms with Crippen LogP contribution >= 0.6 is 0 Å². The van der Waals surface area contributed by atoms with Gasteiger partial charge in [-0.1, -0.05) is 19.9 Å². The first-order chi connectivity index (χ1) is 14.9. The van der Waals surface area contributed by atoms with E-state index in [9.17, 15) is 4.79 Å². The second kappa shape index (κ2) is 9.56. The molecule has 1 aromatic heterocycles. The van der Waals surface area contributed by atoms with Crippen LogP contribution in [0.1, 0.15) is 71.6 Å². The average Bonchev–Trinajstić information content (AvgIpc) is 3.19. The molecule has 1 N–H and O–H groups in total. The van der Waals surface area contributed by atoms with E-state index in [1.807, 2.05) is 32.5 Å². The third-order valence-corrected chi connectivity index (χ3v) is 6.25. The lowest BCUT2D eigenvalue weighted by atomic mass is 9.76. The molecule has 3 rings (SSSR count). The number of likely N-dealkylation sites (N-methyl/N-ethyl adjacent to an activating group) is 1. The maximum absolute atomic E-state index is 12.0. The Morgan fingerprint density at radius 3 is 2.69 bits per heavy atom. The van der Waals surface area contributed by atoms with Crippen LogP contribution < -0.4 is 5.32 Å². The largest absolute Gasteiger partial charge is 0.444 e. The molecule has 1 unspecified atom stereocenters. The Balaban J connectivity index is 1.48. The van der Waals surface area contributed by atoms with Crippen molar-refractivity contribution in [1.29, 1.82) is 0 Å². The van der Waals surface area contributed by atoms with Gasteiger partial charge in [-0.3, -0.25) is 4.68 Å². The molecule has 2 heterocycles. The van der Waals surface area contributed by atoms with Crippen molar-refractivity contribution in [2.45, 2.75) is 77.9 Å². The summed E-state index contributed by atoms with van der Waals surface area (Å²) in [5.41, 5.74) is 3.60. The van der Waals surface area contributed by atoms with Crippen molar-refractivity contribution in [2.24, 2.45) is 12.5 Å². The normalized spacial score (nSPS) is 22.8. The van der Waals surface area contributed by atoms with Crippen molar-refractivity contribution >= 4 is 11.7 Å². The first-order valence-electron chi connectivity index (χ1n) is 11.9. The third kappa shape index (κ3) is 6.58. The molecule has 180 valence electrons. The third-order valence-electron chi connectivity index (χ3n) is 6.25. The topological polar surface area (TPSA) is 68.6 Å². The summed E-state index contributed by atoms with van der Waals surface area (Å²) in [6.45, 7) is 13.3. The molecule has 1 atom stereocenters. The van der Waals surface area contributed by atoms with Crippen LogP contribution in [0.15, 0.2) is 12.3 Å². The highest BCUT2D eigenvalue weighted by Gasteiger charge is 2.45. The molecule has 1 aliphatic heterocycles. The fourth-order valence-electron chi connectivity index (χ4n) is 4.72. The highest BCUT2D eigenvalue weighted by Crippen LogP contribution is 2.47. The number of amides is 1. The summed E-state index contributed by atoms with van der Waals surface area (Å²) in [5.74, 6) is 0. The number of aromatic nitrogens is 2. The van der Waals surface area contributed by atoms with Gasteiger partial charge >= 0.3 is 6.09 Å². The van der Waals surface area contributed by atoms with Crippen LogP contribution in [0.5, 0.6) is 0 Å². The zero-order chi connectivity index (χ0) is 23.6. The maximum Gasteiger partial charge on any atom is 0.410 e. The molecule has 1 aliphatic carbocycles. The molecule has 1 amide bonds. The SMILES string of the molecule is CN(CCNCCc1cn(C)nc1C1=CCC2(CC1)CC(C)(C)CO2)C(=O)OC(C)(C)C. The molecular weight excluding hydrogens is 404 g/mol. The van der Waals surface area contributed by atoms with Gasteiger partial charge in [0, 0.05) is 33.4 Å². The Hall–Kier alpha value is -1.86. The number of nitrogens with one attached hydrogen (secondary N) is 1. The van der Waals surface area contributed by atoms with E-state index in [0.29, 0.717) is 6.54 Å². The molecule has 0 radical (unpaired) electrons. The highest BCUT2D eigenvalue weighted by atomic mass is 16.6. The monoisotopic (exact) mass is 446 g/mol. The predicted molar refractivity (Wildman–Crippen MR) is 128 cm³/mol. The second-order valence-electron chi connectivity index (χ2n) is 11.3. The van der Waals surface area contributed by atoms with E-state index in [4.69, 9.17) is 14.6 Å². The van der Waals surface area contributed by atoms with Crippen LogP contribution in [0.2, 0.25) is 0 Å². The summed E-state index contributed by atoms with van der Waals surface area (Å²) in [7, 11) is 3.76. The summed E-state index contributed by atoms with van der Waals surface area (Å²) in [6.07, 6.45) is 9.33. The molecule has 1 spiro atoms. The quantitative estimate of drug-likeness (QED) is 0.637. The average molecular weight is 447 g/mol. The van der Waals surface area contributed by atoms with Gasteiger partial charge in [-0.05, 0) is 76.0 Å². The zero-order valence-corrected chi connectivity index (χ0v) is 21.1. The summed E-state index contributed by atoms with van der Waals surface area (Å²) < 4.78 is 13.6. The summed E-state index contributed by atoms with van der Waals surface area (Å²) in [4.78, 5) is 13.7. The van der Waals surface area contributed by atoms with Crippen LogP contribution in [-0.4, -0.2) is 65.3 Å². The molecule has 0 aromatic carbocycles. The number of hydrogen-bond donors (Lipinski definition) is 1. The molecule has 7 nitrogen and oxygen atoms in total. The maximum atomic E-state index is 12.0. The van der Waals surface area contributed by atoms with Gasteiger partial charge in [-0.25, -0.2) is 4.79 Å². The molecule has 0 bridgehead atoms. The van der Waals surface area contributed by atoms with Crippen molar-refractivity contribution in [1.82, 2.24) is 20.0 Å². The van der Waals surface area contributed by atoms with E-state index in [2.05, 4.69) is 31.4 Å². The van der Waals surface area contributed by atoms with Gasteiger partial charge in [0.05, 0.1) is 17.9 Å². The zero-order valence-electron chi connectivity index (χ0n) is 21.1. The van der Waals surface area contributed by atoms with Gasteiger partial charge in [0.2, 0.25) is 0 Å². The van der Waals surface area contributed by atoms with Crippen molar-refractivity contribution in [3.63, 3.8) is 0 Å². The summed E-state index contributed by atoms with van der Waals surface area (Å²) in [5, 5.41) is 8.22. The van der Waals surface area contributed by atoms with E-state index in [1.54, 1.807) is 11.9 Å². The lowest BCUT2D eigenvalue weighted by molar-refractivity contribution is -0.00368. The first-order valence-corrected chi connectivity index (χ1v) is 11.9. The number of ether oxygens (including phenoxy) is 2. The fraction of sp³-hybridized carbons (Fsp3) is 0.760. The lowest BCUT2D eigenvalue weighted by Crippen LogP contribution is -2.38. The van der Waals surface area contributed by atoms with E-state index in [0.717, 1.165) is 57.5 Å². The van der Waals surface area contributed by atoms with Crippen molar-refractivity contribution in [2.75, 3.05) is 33.3 Å². The Bertz CT molecular complexity index is 837. The second-order valence-corrected chi connectivity index (χ2v) is 11.3. The van der Waals surface area contributed by atoms with Gasteiger partial charge in [0.25, 0.3) is 0 Å². The van der Waals surface area contributed by atoms with Crippen LogP contribution in [-0.2, 0) is 22.9 Å². The molecule has 1 saturated heterocycles. The van der Waals surface area contributed by atoms with E-state index in [-0.39, 0.29) is 17.1 Å². The molecule has 2 aliphatic rings. The van der Waals surface area contributed by atoms with Crippen molar-refractivity contribution in [3.05, 3.63) is 23.5 Å². The minimum Gasteiger partial charge on any atom is -0.444 e. The molecule has 32 heavy (non-hydrogen) atoms. The smallest absolute Gasteiger partial charge is 0.410 e. The van der Waals surface area contributed by atoms with Gasteiger partial charge < -0.3 is 19.7 Å². The molecule has 7 heteroatoms. The van der Waals surface area contributed by atoms with Crippen LogP contribution in [0, 0.1) is 5.41 Å². The molecular formula is C25H42N4O3. The first kappa shape index (κ1) is 24.8. The van der Waals surface area contributed by atoms with E-state index < -0.39 is 5.60 Å². The van der Waals surface area contributed by atoms with Crippen LogP contribution in [0.4, 0.5) is 4.79 Å². The van der Waals surface area contributed by atoms with E-state index in [1.165, 1.54) is 11.1 Å². The fourth-order valence-corrected chi connectivity index (χ4v) is 4.72. The number of allylic oxidation sites excluding steroid dienone is 1. The number of rotatable bonds is 7. The van der Waals surface area contributed by atoms with Crippen LogP contribution in [0.3, 0.4) is 0 Å². The lowest BCUT2D eigenvalue weighted by Gasteiger charge is -2.32. The Labute approximate surface area is 193 Å². The van der Waals surface area contributed by atoms with Gasteiger partial charge in [0.1, 0.15) is 5.60 Å². The number of aryl methyl sites for hydroxylation is 1. The summed E-state index contributed by atoms with van der Waals surface area (Å²) in [6, 6.07) is 0. The molecule has 1 fully saturated rings. The van der Waals surface area contributed by atoms with Crippen molar-refractivity contribution in [3.8, 4) is 0 Å². The number of carbonyl (C=O) groups is 1. The van der Waals surface area contributed by atoms with Crippen molar-refractivity contribution < 1.29 is 14.3 Å². The van der Waals surface area contributed by atoms with Gasteiger partial charge in [-0.2, -0.15) is 5.10 Å². The molecule has 1 aromatic rings. The minimum absolute atomic E-state index is 0.0314. The summed E-state index contributed by atoms with van der Waals surface area (Å²) >= 11 is 0. The number of hydrogen-bond acceptors (Lipinski definition) is 5. The van der Waals surface area contributed by atoms with E-state index >= 15 is 0 Å². The predicted octanol–water partition coefficient (Wildman–Crippen LogP) is 4.17. The Morgan fingerprint density at radius 1 is 1.34 bits per heavy atom. The molecule has 0 saturated carbocycles. The van der Waals surface area contributed by atoms with Gasteiger partial charge in [-0.15, -0.1) is 0 Å². The number of carbonyl (C=O) groups excluding carboxylic acids is 1. The van der Waals surface area contributed by atoms with Crippen LogP contribution in [0.25, 0.3) is 5.57 Å². The minimum atomic E-state index is -0.469. The Morgan fingerprint density at radius 2 is 2.09 bits per heavy atom. The Kier molecular flexibility index (Phi) is 7.40.